The van der Waals surface area contributed by atoms with E-state index in [0.717, 1.165) is 36.3 Å². The lowest BCUT2D eigenvalue weighted by molar-refractivity contribution is 0.0942. The SMILES string of the molecule is Cn1cc(CN2CCc3c(c(C(=O)NCc4ccccc4)nn3CCO)C2)c2ccccc21. The van der Waals surface area contributed by atoms with Gasteiger partial charge < -0.3 is 15.0 Å². The number of carbonyl (C=O) groups is 1. The molecule has 7 nitrogen and oxygen atoms in total. The molecule has 2 aromatic heterocycles. The minimum atomic E-state index is -0.168. The monoisotopic (exact) mass is 443 g/mol. The Morgan fingerprint density at radius 2 is 1.91 bits per heavy atom. The lowest BCUT2D eigenvalue weighted by Crippen LogP contribution is -2.32. The number of nitrogens with one attached hydrogen (secondary N) is 1. The molecule has 170 valence electrons. The third-order valence-electron chi connectivity index (χ3n) is 6.41. The molecule has 0 saturated carbocycles. The number of nitrogens with zero attached hydrogens (tertiary/aromatic N) is 4. The fourth-order valence-electron chi connectivity index (χ4n) is 4.80. The molecule has 0 aliphatic carbocycles. The van der Waals surface area contributed by atoms with Gasteiger partial charge in [0.2, 0.25) is 0 Å². The van der Waals surface area contributed by atoms with Crippen LogP contribution in [-0.4, -0.2) is 43.4 Å². The molecule has 1 amide bonds. The molecule has 0 radical (unpaired) electrons. The van der Waals surface area contributed by atoms with E-state index in [1.807, 2.05) is 35.0 Å². The number of aliphatic hydroxyl groups is 1. The number of hydrogen-bond acceptors (Lipinski definition) is 4. The molecule has 4 aromatic rings. The Hall–Kier alpha value is -3.42. The molecule has 33 heavy (non-hydrogen) atoms. The maximum Gasteiger partial charge on any atom is 0.272 e. The molecule has 5 rings (SSSR count). The smallest absolute Gasteiger partial charge is 0.272 e. The summed E-state index contributed by atoms with van der Waals surface area (Å²) in [6.07, 6.45) is 3.00. The van der Waals surface area contributed by atoms with E-state index in [2.05, 4.69) is 57.4 Å². The molecule has 0 unspecified atom stereocenters. The van der Waals surface area contributed by atoms with E-state index in [-0.39, 0.29) is 12.5 Å². The highest BCUT2D eigenvalue weighted by atomic mass is 16.3. The first-order valence-corrected chi connectivity index (χ1v) is 11.4. The van der Waals surface area contributed by atoms with Crippen LogP contribution in [0.4, 0.5) is 0 Å². The molecule has 1 aliphatic rings. The van der Waals surface area contributed by atoms with Crippen molar-refractivity contribution in [2.75, 3.05) is 13.2 Å². The van der Waals surface area contributed by atoms with Crippen molar-refractivity contribution in [3.8, 4) is 0 Å². The molecule has 0 spiro atoms. The number of aliphatic hydroxyl groups excluding tert-OH is 1. The molecule has 7 heteroatoms. The Labute approximate surface area is 193 Å². The summed E-state index contributed by atoms with van der Waals surface area (Å²) in [4.78, 5) is 15.5. The zero-order valence-corrected chi connectivity index (χ0v) is 18.9. The third-order valence-corrected chi connectivity index (χ3v) is 6.41. The highest BCUT2D eigenvalue weighted by Crippen LogP contribution is 2.27. The predicted octanol–water partition coefficient (Wildman–Crippen LogP) is 2.86. The summed E-state index contributed by atoms with van der Waals surface area (Å²) in [6.45, 7) is 3.23. The van der Waals surface area contributed by atoms with Crippen molar-refractivity contribution in [3.05, 3.63) is 88.9 Å². The van der Waals surface area contributed by atoms with Crippen LogP contribution in [0.3, 0.4) is 0 Å². The molecule has 2 aromatic carbocycles. The minimum Gasteiger partial charge on any atom is -0.394 e. The molecular formula is C26H29N5O2. The van der Waals surface area contributed by atoms with Crippen LogP contribution < -0.4 is 5.32 Å². The Balaban J connectivity index is 1.38. The summed E-state index contributed by atoms with van der Waals surface area (Å²) in [5, 5.41) is 18.4. The number of carbonyl (C=O) groups excluding carboxylic acids is 1. The van der Waals surface area contributed by atoms with Crippen LogP contribution >= 0.6 is 0 Å². The maximum atomic E-state index is 13.1. The van der Waals surface area contributed by atoms with Gasteiger partial charge in [-0.2, -0.15) is 5.10 Å². The van der Waals surface area contributed by atoms with Gasteiger partial charge in [-0.3, -0.25) is 14.4 Å². The van der Waals surface area contributed by atoms with Crippen molar-refractivity contribution >= 4 is 16.8 Å². The third kappa shape index (κ3) is 4.29. The summed E-state index contributed by atoms with van der Waals surface area (Å²) < 4.78 is 3.98. The van der Waals surface area contributed by atoms with Crippen molar-refractivity contribution in [3.63, 3.8) is 0 Å². The fourth-order valence-corrected chi connectivity index (χ4v) is 4.80. The van der Waals surface area contributed by atoms with Gasteiger partial charge in [0.25, 0.3) is 5.91 Å². The molecule has 0 saturated heterocycles. The average molecular weight is 444 g/mol. The average Bonchev–Trinajstić information content (AvgIpc) is 3.36. The second kappa shape index (κ2) is 9.21. The van der Waals surface area contributed by atoms with Crippen LogP contribution in [-0.2, 0) is 39.6 Å². The Bertz CT molecular complexity index is 1270. The van der Waals surface area contributed by atoms with Gasteiger partial charge in [-0.25, -0.2) is 0 Å². The summed E-state index contributed by atoms with van der Waals surface area (Å²) in [7, 11) is 2.08. The van der Waals surface area contributed by atoms with Crippen LogP contribution in [0.1, 0.15) is 32.9 Å². The zero-order chi connectivity index (χ0) is 22.8. The van der Waals surface area contributed by atoms with Crippen molar-refractivity contribution in [2.24, 2.45) is 7.05 Å². The van der Waals surface area contributed by atoms with Crippen molar-refractivity contribution in [2.45, 2.75) is 32.6 Å². The van der Waals surface area contributed by atoms with Crippen LogP contribution in [0.2, 0.25) is 0 Å². The van der Waals surface area contributed by atoms with Crippen molar-refractivity contribution in [1.29, 1.82) is 0 Å². The first kappa shape index (κ1) is 21.4. The van der Waals surface area contributed by atoms with E-state index in [4.69, 9.17) is 0 Å². The molecule has 2 N–H and O–H groups in total. The van der Waals surface area contributed by atoms with Gasteiger partial charge in [0.1, 0.15) is 0 Å². The number of amides is 1. The normalized spacial score (nSPS) is 13.9. The van der Waals surface area contributed by atoms with E-state index in [1.165, 1.54) is 16.5 Å². The molecule has 0 bridgehead atoms. The summed E-state index contributed by atoms with van der Waals surface area (Å²) >= 11 is 0. The van der Waals surface area contributed by atoms with Crippen LogP contribution in [0.15, 0.2) is 60.8 Å². The highest BCUT2D eigenvalue weighted by molar-refractivity contribution is 5.94. The van der Waals surface area contributed by atoms with Gasteiger partial charge in [-0.05, 0) is 17.2 Å². The molecular weight excluding hydrogens is 414 g/mol. The summed E-state index contributed by atoms with van der Waals surface area (Å²) in [5.74, 6) is -0.168. The number of hydrogen-bond donors (Lipinski definition) is 2. The van der Waals surface area contributed by atoms with Gasteiger partial charge >= 0.3 is 0 Å². The molecule has 0 fully saturated rings. The number of aryl methyl sites for hydroxylation is 1. The Morgan fingerprint density at radius 3 is 2.73 bits per heavy atom. The molecule has 0 atom stereocenters. The maximum absolute atomic E-state index is 13.1. The number of para-hydroxylation sites is 1. The van der Waals surface area contributed by atoms with E-state index in [0.29, 0.717) is 25.3 Å². The lowest BCUT2D eigenvalue weighted by atomic mass is 10.0. The summed E-state index contributed by atoms with van der Waals surface area (Å²) in [6, 6.07) is 18.3. The topological polar surface area (TPSA) is 75.3 Å². The zero-order valence-electron chi connectivity index (χ0n) is 18.9. The van der Waals surface area contributed by atoms with E-state index in [9.17, 15) is 9.90 Å². The first-order valence-electron chi connectivity index (χ1n) is 11.4. The van der Waals surface area contributed by atoms with E-state index < -0.39 is 0 Å². The van der Waals surface area contributed by atoms with Gasteiger partial charge in [-0.15, -0.1) is 0 Å². The van der Waals surface area contributed by atoms with Gasteiger partial charge in [0.05, 0.1) is 13.2 Å². The highest BCUT2D eigenvalue weighted by Gasteiger charge is 2.28. The van der Waals surface area contributed by atoms with Crippen LogP contribution in [0, 0.1) is 0 Å². The van der Waals surface area contributed by atoms with Crippen LogP contribution in [0.25, 0.3) is 10.9 Å². The first-order chi connectivity index (χ1) is 16.1. The second-order valence-corrected chi connectivity index (χ2v) is 8.63. The quantitative estimate of drug-likeness (QED) is 0.461. The van der Waals surface area contributed by atoms with Crippen LogP contribution in [0.5, 0.6) is 0 Å². The number of rotatable bonds is 7. The minimum absolute atomic E-state index is 0.00108. The fraction of sp³-hybridized carbons (Fsp3) is 0.308. The van der Waals surface area contributed by atoms with Gasteiger partial charge in [-0.1, -0.05) is 48.5 Å². The second-order valence-electron chi connectivity index (χ2n) is 8.63. The van der Waals surface area contributed by atoms with Gasteiger partial charge in [0.15, 0.2) is 5.69 Å². The number of aromatic nitrogens is 3. The van der Waals surface area contributed by atoms with E-state index >= 15 is 0 Å². The van der Waals surface area contributed by atoms with E-state index in [1.54, 1.807) is 0 Å². The lowest BCUT2D eigenvalue weighted by Gasteiger charge is -2.27. The standard InChI is InChI=1S/C26H29N5O2/c1-29-16-20(21-9-5-6-10-23(21)29)17-30-12-11-24-22(18-30)25(28-31(24)13-14-32)26(33)27-15-19-7-3-2-4-8-19/h2-10,16,32H,11-15,17-18H2,1H3,(H,27,33). The largest absolute Gasteiger partial charge is 0.394 e. The number of benzene rings is 2. The van der Waals surface area contributed by atoms with Crippen molar-refractivity contribution < 1.29 is 9.90 Å². The predicted molar refractivity (Wildman–Crippen MR) is 128 cm³/mol. The Kier molecular flexibility index (Phi) is 5.98. The van der Waals surface area contributed by atoms with Gasteiger partial charge in [0, 0.05) is 68.0 Å². The summed E-state index contributed by atoms with van der Waals surface area (Å²) in [5.41, 5.74) is 6.06. The number of fused-ring (bicyclic) bond motifs is 2. The Morgan fingerprint density at radius 1 is 1.12 bits per heavy atom. The molecule has 1 aliphatic heterocycles. The molecule has 3 heterocycles. The van der Waals surface area contributed by atoms with Crippen molar-refractivity contribution in [1.82, 2.24) is 24.6 Å².